The maximum absolute atomic E-state index is 10.9. The summed E-state index contributed by atoms with van der Waals surface area (Å²) in [5.41, 5.74) is 7.26. The lowest BCUT2D eigenvalue weighted by atomic mass is 10.3. The van der Waals surface area contributed by atoms with Gasteiger partial charge in [0, 0.05) is 18.2 Å². The van der Waals surface area contributed by atoms with Crippen molar-refractivity contribution < 1.29 is 9.90 Å². The van der Waals surface area contributed by atoms with Gasteiger partial charge in [0.25, 0.3) is 0 Å². The van der Waals surface area contributed by atoms with Gasteiger partial charge >= 0.3 is 5.97 Å². The second-order valence-electron chi connectivity index (χ2n) is 3.98. The summed E-state index contributed by atoms with van der Waals surface area (Å²) in [5.74, 6) is -0.464. The molecule has 0 spiro atoms. The van der Waals surface area contributed by atoms with E-state index in [1.165, 1.54) is 10.7 Å². The van der Waals surface area contributed by atoms with E-state index in [4.69, 9.17) is 10.8 Å². The number of carbonyl (C=O) groups is 1. The fourth-order valence-electron chi connectivity index (χ4n) is 1.71. The van der Waals surface area contributed by atoms with Crippen molar-refractivity contribution in [3.63, 3.8) is 0 Å². The molecule has 6 heteroatoms. The number of carboxylic acids is 1. The Hall–Kier alpha value is -2.11. The first-order valence-electron chi connectivity index (χ1n) is 5.04. The van der Waals surface area contributed by atoms with E-state index in [1.807, 2.05) is 6.07 Å². The number of aromatic carboxylic acids is 1. The molecule has 0 radical (unpaired) electrons. The van der Waals surface area contributed by atoms with Crippen LogP contribution in [0, 0.1) is 0 Å². The lowest BCUT2D eigenvalue weighted by molar-refractivity contribution is 0.0697. The maximum Gasteiger partial charge on any atom is 0.341 e. The van der Waals surface area contributed by atoms with Gasteiger partial charge in [-0.05, 0) is 12.8 Å². The van der Waals surface area contributed by atoms with Crippen LogP contribution in [0.1, 0.15) is 34.8 Å². The zero-order valence-electron chi connectivity index (χ0n) is 8.42. The predicted octanol–water partition coefficient (Wildman–Crippen LogP) is 0.887. The van der Waals surface area contributed by atoms with Gasteiger partial charge in [-0.15, -0.1) is 0 Å². The second kappa shape index (κ2) is 2.94. The number of aromatic nitrogens is 3. The van der Waals surface area contributed by atoms with E-state index in [1.54, 1.807) is 0 Å². The molecule has 3 N–H and O–H groups in total. The van der Waals surface area contributed by atoms with Gasteiger partial charge in [-0.3, -0.25) is 0 Å². The van der Waals surface area contributed by atoms with Crippen molar-refractivity contribution in [1.29, 1.82) is 0 Å². The molecule has 2 heterocycles. The number of hydrogen-bond donors (Lipinski definition) is 2. The molecular formula is C10H10N4O2. The molecule has 0 unspecified atom stereocenters. The normalized spacial score (nSPS) is 15.5. The minimum Gasteiger partial charge on any atom is -0.477 e. The van der Waals surface area contributed by atoms with E-state index in [2.05, 4.69) is 10.1 Å². The SMILES string of the molecule is Nc1c(C(=O)O)cnc2cc(C3CC3)nn12. The van der Waals surface area contributed by atoms with Crippen molar-refractivity contribution in [2.24, 2.45) is 0 Å². The number of carboxylic acid groups (broad SMARTS) is 1. The van der Waals surface area contributed by atoms with Crippen molar-refractivity contribution in [2.75, 3.05) is 5.73 Å². The highest BCUT2D eigenvalue weighted by molar-refractivity contribution is 5.92. The van der Waals surface area contributed by atoms with E-state index >= 15 is 0 Å². The standard InChI is InChI=1S/C10H10N4O2/c11-9-6(10(15)16)4-12-8-3-7(5-1-2-5)13-14(8)9/h3-5H,1-2,11H2,(H,15,16). The Morgan fingerprint density at radius 3 is 2.94 bits per heavy atom. The molecule has 1 fully saturated rings. The van der Waals surface area contributed by atoms with Gasteiger partial charge in [-0.25, -0.2) is 9.78 Å². The van der Waals surface area contributed by atoms with Crippen molar-refractivity contribution in [2.45, 2.75) is 18.8 Å². The van der Waals surface area contributed by atoms with Crippen LogP contribution in [0.15, 0.2) is 12.3 Å². The number of nitrogens with two attached hydrogens (primary N) is 1. The largest absolute Gasteiger partial charge is 0.477 e. The van der Waals surface area contributed by atoms with Crippen molar-refractivity contribution in [3.8, 4) is 0 Å². The highest BCUT2D eigenvalue weighted by Gasteiger charge is 2.27. The summed E-state index contributed by atoms with van der Waals surface area (Å²) >= 11 is 0. The molecule has 2 aromatic heterocycles. The van der Waals surface area contributed by atoms with E-state index in [0.29, 0.717) is 11.6 Å². The summed E-state index contributed by atoms with van der Waals surface area (Å²) < 4.78 is 1.40. The Kier molecular flexibility index (Phi) is 1.68. The van der Waals surface area contributed by atoms with Crippen LogP contribution in [0.25, 0.3) is 5.65 Å². The second-order valence-corrected chi connectivity index (χ2v) is 3.98. The predicted molar refractivity (Wildman–Crippen MR) is 56.3 cm³/mol. The number of rotatable bonds is 2. The summed E-state index contributed by atoms with van der Waals surface area (Å²) in [6.07, 6.45) is 3.54. The summed E-state index contributed by atoms with van der Waals surface area (Å²) in [4.78, 5) is 14.9. The van der Waals surface area contributed by atoms with Gasteiger partial charge in [0.1, 0.15) is 11.4 Å². The van der Waals surface area contributed by atoms with Crippen molar-refractivity contribution >= 4 is 17.4 Å². The molecule has 6 nitrogen and oxygen atoms in total. The van der Waals surface area contributed by atoms with Crippen molar-refractivity contribution in [1.82, 2.24) is 14.6 Å². The molecule has 16 heavy (non-hydrogen) atoms. The van der Waals surface area contributed by atoms with Crippen LogP contribution in [-0.2, 0) is 0 Å². The van der Waals surface area contributed by atoms with Crippen LogP contribution >= 0.6 is 0 Å². The van der Waals surface area contributed by atoms with Crippen LogP contribution < -0.4 is 5.73 Å². The number of anilines is 1. The summed E-state index contributed by atoms with van der Waals surface area (Å²) in [6.45, 7) is 0. The zero-order valence-corrected chi connectivity index (χ0v) is 8.42. The summed E-state index contributed by atoms with van der Waals surface area (Å²) in [6, 6.07) is 1.86. The molecule has 0 bridgehead atoms. The number of nitrogen functional groups attached to an aromatic ring is 1. The van der Waals surface area contributed by atoms with Gasteiger partial charge in [0.05, 0.1) is 5.69 Å². The highest BCUT2D eigenvalue weighted by atomic mass is 16.4. The van der Waals surface area contributed by atoms with Gasteiger partial charge in [-0.1, -0.05) is 0 Å². The molecule has 0 amide bonds. The number of fused-ring (bicyclic) bond motifs is 1. The molecule has 0 aliphatic heterocycles. The smallest absolute Gasteiger partial charge is 0.341 e. The molecule has 2 aromatic rings. The van der Waals surface area contributed by atoms with Crippen LogP contribution in [0.3, 0.4) is 0 Å². The minimum absolute atomic E-state index is 0.0158. The van der Waals surface area contributed by atoms with E-state index in [0.717, 1.165) is 18.5 Å². The van der Waals surface area contributed by atoms with Gasteiger partial charge in [-0.2, -0.15) is 9.61 Å². The molecule has 0 atom stereocenters. The maximum atomic E-state index is 10.9. The first-order chi connectivity index (χ1) is 7.66. The molecule has 1 saturated carbocycles. The first-order valence-corrected chi connectivity index (χ1v) is 5.04. The van der Waals surface area contributed by atoms with E-state index < -0.39 is 5.97 Å². The lowest BCUT2D eigenvalue weighted by Gasteiger charge is -2.01. The third-order valence-electron chi connectivity index (χ3n) is 2.77. The van der Waals surface area contributed by atoms with Gasteiger partial charge < -0.3 is 10.8 Å². The topological polar surface area (TPSA) is 93.5 Å². The molecule has 1 aliphatic rings. The van der Waals surface area contributed by atoms with Crippen LogP contribution in [0.4, 0.5) is 5.82 Å². The molecule has 82 valence electrons. The molecular weight excluding hydrogens is 208 g/mol. The van der Waals surface area contributed by atoms with E-state index in [9.17, 15) is 4.79 Å². The van der Waals surface area contributed by atoms with E-state index in [-0.39, 0.29) is 11.4 Å². The van der Waals surface area contributed by atoms with Crippen LogP contribution in [0.2, 0.25) is 0 Å². The average Bonchev–Trinajstić information content (AvgIpc) is 2.99. The summed E-state index contributed by atoms with van der Waals surface area (Å²) in [7, 11) is 0. The lowest BCUT2D eigenvalue weighted by Crippen LogP contribution is -2.09. The summed E-state index contributed by atoms with van der Waals surface area (Å²) in [5, 5.41) is 13.2. The Bertz CT molecular complexity index is 586. The molecule has 3 rings (SSSR count). The minimum atomic E-state index is -1.09. The quantitative estimate of drug-likeness (QED) is 0.780. The first kappa shape index (κ1) is 9.14. The highest BCUT2D eigenvalue weighted by Crippen LogP contribution is 2.39. The Balaban J connectivity index is 2.22. The average molecular weight is 218 g/mol. The Labute approximate surface area is 90.7 Å². The molecule has 0 saturated heterocycles. The third kappa shape index (κ3) is 1.23. The third-order valence-corrected chi connectivity index (χ3v) is 2.77. The van der Waals surface area contributed by atoms with Crippen LogP contribution in [0.5, 0.6) is 0 Å². The Morgan fingerprint density at radius 2 is 2.31 bits per heavy atom. The number of nitrogens with zero attached hydrogens (tertiary/aromatic N) is 3. The number of hydrogen-bond acceptors (Lipinski definition) is 4. The fourth-order valence-corrected chi connectivity index (χ4v) is 1.71. The molecule has 1 aliphatic carbocycles. The van der Waals surface area contributed by atoms with Crippen molar-refractivity contribution in [3.05, 3.63) is 23.5 Å². The van der Waals surface area contributed by atoms with Gasteiger partial charge in [0.2, 0.25) is 0 Å². The Morgan fingerprint density at radius 1 is 1.56 bits per heavy atom. The van der Waals surface area contributed by atoms with Gasteiger partial charge in [0.15, 0.2) is 5.65 Å². The fraction of sp³-hybridized carbons (Fsp3) is 0.300. The van der Waals surface area contributed by atoms with Crippen LogP contribution in [-0.4, -0.2) is 25.7 Å². The monoisotopic (exact) mass is 218 g/mol. The molecule has 0 aromatic carbocycles. The zero-order chi connectivity index (χ0) is 11.3.